The highest BCUT2D eigenvalue weighted by molar-refractivity contribution is 4.86. The van der Waals surface area contributed by atoms with Crippen LogP contribution in [0.5, 0.6) is 0 Å². The molecule has 2 fully saturated rings. The molecular weight excluding hydrogens is 224 g/mol. The highest BCUT2D eigenvalue weighted by atomic mass is 16.5. The van der Waals surface area contributed by atoms with Crippen LogP contribution in [0.15, 0.2) is 0 Å². The van der Waals surface area contributed by atoms with Gasteiger partial charge in [0.05, 0.1) is 5.60 Å². The SMILES string of the molecule is CCN1CCCC(C(C)NCC2(C)CCCO2)C1. The molecule has 2 heterocycles. The van der Waals surface area contributed by atoms with Crippen molar-refractivity contribution < 1.29 is 4.74 Å². The fraction of sp³-hybridized carbons (Fsp3) is 1.00. The van der Waals surface area contributed by atoms with Gasteiger partial charge in [0, 0.05) is 25.7 Å². The van der Waals surface area contributed by atoms with Gasteiger partial charge in [-0.1, -0.05) is 6.92 Å². The fourth-order valence-electron chi connectivity index (χ4n) is 3.31. The lowest BCUT2D eigenvalue weighted by atomic mass is 9.91. The molecule has 1 N–H and O–H groups in total. The zero-order valence-corrected chi connectivity index (χ0v) is 12.4. The maximum atomic E-state index is 5.85. The van der Waals surface area contributed by atoms with Crippen LogP contribution in [-0.2, 0) is 4.74 Å². The number of nitrogens with zero attached hydrogens (tertiary/aromatic N) is 1. The molecule has 3 heteroatoms. The third-order valence-corrected chi connectivity index (χ3v) is 4.79. The lowest BCUT2D eigenvalue weighted by Crippen LogP contribution is -2.48. The molecule has 0 aromatic rings. The van der Waals surface area contributed by atoms with E-state index in [0.717, 1.165) is 19.1 Å². The molecule has 0 saturated carbocycles. The summed E-state index contributed by atoms with van der Waals surface area (Å²) in [5, 5.41) is 3.73. The van der Waals surface area contributed by atoms with E-state index in [1.165, 1.54) is 45.3 Å². The Hall–Kier alpha value is -0.120. The lowest BCUT2D eigenvalue weighted by molar-refractivity contribution is 0.0161. The normalized spacial score (nSPS) is 35.8. The summed E-state index contributed by atoms with van der Waals surface area (Å²) >= 11 is 0. The predicted octanol–water partition coefficient (Wildman–Crippen LogP) is 2.27. The minimum absolute atomic E-state index is 0.0906. The topological polar surface area (TPSA) is 24.5 Å². The second kappa shape index (κ2) is 6.36. The summed E-state index contributed by atoms with van der Waals surface area (Å²) in [6, 6.07) is 0.611. The van der Waals surface area contributed by atoms with Crippen LogP contribution in [0.25, 0.3) is 0 Å². The molecular formula is C15H30N2O. The van der Waals surface area contributed by atoms with Crippen LogP contribution >= 0.6 is 0 Å². The van der Waals surface area contributed by atoms with Crippen LogP contribution in [0, 0.1) is 5.92 Å². The largest absolute Gasteiger partial charge is 0.374 e. The monoisotopic (exact) mass is 254 g/mol. The summed E-state index contributed by atoms with van der Waals surface area (Å²) in [4.78, 5) is 2.58. The van der Waals surface area contributed by atoms with Crippen molar-refractivity contribution in [1.29, 1.82) is 0 Å². The lowest BCUT2D eigenvalue weighted by Gasteiger charge is -2.36. The van der Waals surface area contributed by atoms with Gasteiger partial charge in [-0.25, -0.2) is 0 Å². The Balaban J connectivity index is 1.75. The number of likely N-dealkylation sites (tertiary alicyclic amines) is 1. The van der Waals surface area contributed by atoms with Crippen molar-refractivity contribution >= 4 is 0 Å². The van der Waals surface area contributed by atoms with Crippen LogP contribution in [0.4, 0.5) is 0 Å². The maximum absolute atomic E-state index is 5.85. The molecule has 2 rings (SSSR count). The van der Waals surface area contributed by atoms with E-state index in [9.17, 15) is 0 Å². The summed E-state index contributed by atoms with van der Waals surface area (Å²) in [5.41, 5.74) is 0.0906. The van der Waals surface area contributed by atoms with Crippen molar-refractivity contribution in [2.75, 3.05) is 32.8 Å². The number of ether oxygens (including phenoxy) is 1. The zero-order chi connectivity index (χ0) is 13.0. The summed E-state index contributed by atoms with van der Waals surface area (Å²) < 4.78 is 5.85. The highest BCUT2D eigenvalue weighted by Gasteiger charge is 2.31. The molecule has 3 unspecified atom stereocenters. The molecule has 2 saturated heterocycles. The number of rotatable bonds is 5. The first-order chi connectivity index (χ1) is 8.63. The molecule has 0 aliphatic carbocycles. The highest BCUT2D eigenvalue weighted by Crippen LogP contribution is 2.25. The van der Waals surface area contributed by atoms with Crippen molar-refractivity contribution in [2.45, 2.75) is 58.1 Å². The fourth-order valence-corrected chi connectivity index (χ4v) is 3.31. The van der Waals surface area contributed by atoms with Crippen LogP contribution in [-0.4, -0.2) is 49.3 Å². The second-order valence-electron chi connectivity index (χ2n) is 6.37. The van der Waals surface area contributed by atoms with Gasteiger partial charge in [-0.3, -0.25) is 0 Å². The first kappa shape index (κ1) is 14.3. The first-order valence-corrected chi connectivity index (χ1v) is 7.73. The summed E-state index contributed by atoms with van der Waals surface area (Å²) in [5.74, 6) is 0.809. The van der Waals surface area contributed by atoms with Crippen molar-refractivity contribution in [3.63, 3.8) is 0 Å². The molecule has 3 nitrogen and oxygen atoms in total. The van der Waals surface area contributed by atoms with Gasteiger partial charge < -0.3 is 15.0 Å². The average Bonchev–Trinajstić information content (AvgIpc) is 2.83. The first-order valence-electron chi connectivity index (χ1n) is 7.73. The van der Waals surface area contributed by atoms with E-state index >= 15 is 0 Å². The Morgan fingerprint density at radius 1 is 1.44 bits per heavy atom. The average molecular weight is 254 g/mol. The molecule has 106 valence electrons. The number of nitrogens with one attached hydrogen (secondary N) is 1. The van der Waals surface area contributed by atoms with Gasteiger partial charge in [-0.05, 0) is 58.5 Å². The molecule has 0 spiro atoms. The zero-order valence-electron chi connectivity index (χ0n) is 12.4. The van der Waals surface area contributed by atoms with Gasteiger partial charge in [0.1, 0.15) is 0 Å². The van der Waals surface area contributed by atoms with Crippen molar-refractivity contribution in [2.24, 2.45) is 5.92 Å². The van der Waals surface area contributed by atoms with Gasteiger partial charge in [-0.2, -0.15) is 0 Å². The van der Waals surface area contributed by atoms with Crippen LogP contribution in [0.2, 0.25) is 0 Å². The van der Waals surface area contributed by atoms with E-state index in [1.807, 2.05) is 0 Å². The standard InChI is InChI=1S/C15H30N2O/c1-4-17-9-5-7-14(11-17)13(2)16-12-15(3)8-6-10-18-15/h13-14,16H,4-12H2,1-3H3. The Morgan fingerprint density at radius 3 is 2.94 bits per heavy atom. The van der Waals surface area contributed by atoms with Gasteiger partial charge in [0.25, 0.3) is 0 Å². The minimum Gasteiger partial charge on any atom is -0.374 e. The molecule has 2 aliphatic heterocycles. The minimum atomic E-state index is 0.0906. The number of hydrogen-bond donors (Lipinski definition) is 1. The Bertz CT molecular complexity index is 251. The molecule has 2 aliphatic rings. The van der Waals surface area contributed by atoms with E-state index in [2.05, 4.69) is 31.0 Å². The van der Waals surface area contributed by atoms with Crippen molar-refractivity contribution in [3.8, 4) is 0 Å². The third-order valence-electron chi connectivity index (χ3n) is 4.79. The third kappa shape index (κ3) is 3.69. The van der Waals surface area contributed by atoms with E-state index in [0.29, 0.717) is 6.04 Å². The molecule has 0 amide bonds. The summed E-state index contributed by atoms with van der Waals surface area (Å²) in [6.07, 6.45) is 5.17. The quantitative estimate of drug-likeness (QED) is 0.814. The molecule has 0 bridgehead atoms. The van der Waals surface area contributed by atoms with Gasteiger partial charge in [-0.15, -0.1) is 0 Å². The molecule has 0 aromatic carbocycles. The van der Waals surface area contributed by atoms with Crippen LogP contribution in [0.1, 0.15) is 46.5 Å². The van der Waals surface area contributed by atoms with Gasteiger partial charge >= 0.3 is 0 Å². The summed E-state index contributed by atoms with van der Waals surface area (Å²) in [6.45, 7) is 12.6. The van der Waals surface area contributed by atoms with Gasteiger partial charge in [0.15, 0.2) is 0 Å². The van der Waals surface area contributed by atoms with Gasteiger partial charge in [0.2, 0.25) is 0 Å². The van der Waals surface area contributed by atoms with Crippen molar-refractivity contribution in [1.82, 2.24) is 10.2 Å². The Morgan fingerprint density at radius 2 is 2.28 bits per heavy atom. The Kier molecular flexibility index (Phi) is 5.05. The molecule has 3 atom stereocenters. The van der Waals surface area contributed by atoms with Crippen molar-refractivity contribution in [3.05, 3.63) is 0 Å². The number of hydrogen-bond acceptors (Lipinski definition) is 3. The predicted molar refractivity (Wildman–Crippen MR) is 75.9 cm³/mol. The van der Waals surface area contributed by atoms with Crippen LogP contribution in [0.3, 0.4) is 0 Å². The van der Waals surface area contributed by atoms with Crippen LogP contribution < -0.4 is 5.32 Å². The second-order valence-corrected chi connectivity index (χ2v) is 6.37. The smallest absolute Gasteiger partial charge is 0.0779 e. The van der Waals surface area contributed by atoms with E-state index in [-0.39, 0.29) is 5.60 Å². The number of piperidine rings is 1. The molecule has 0 aromatic heterocycles. The maximum Gasteiger partial charge on any atom is 0.0779 e. The molecule has 18 heavy (non-hydrogen) atoms. The van der Waals surface area contributed by atoms with E-state index < -0.39 is 0 Å². The summed E-state index contributed by atoms with van der Waals surface area (Å²) in [7, 11) is 0. The molecule has 0 radical (unpaired) electrons. The van der Waals surface area contributed by atoms with E-state index in [1.54, 1.807) is 0 Å². The Labute approximate surface area is 112 Å². The van der Waals surface area contributed by atoms with E-state index in [4.69, 9.17) is 4.74 Å².